The van der Waals surface area contributed by atoms with Crippen molar-refractivity contribution in [3.8, 4) is 5.88 Å². The van der Waals surface area contributed by atoms with Crippen LogP contribution < -0.4 is 10.5 Å². The van der Waals surface area contributed by atoms with Crippen LogP contribution in [0.1, 0.15) is 6.42 Å². The van der Waals surface area contributed by atoms with Crippen molar-refractivity contribution in [1.82, 2.24) is 9.97 Å². The van der Waals surface area contributed by atoms with Crippen molar-refractivity contribution >= 4 is 16.6 Å². The van der Waals surface area contributed by atoms with Gasteiger partial charge in [-0.25, -0.2) is 9.97 Å². The van der Waals surface area contributed by atoms with Crippen LogP contribution in [0, 0.1) is 0 Å². The average molecular weight is 231 g/mol. The third kappa shape index (κ3) is 2.01. The minimum absolute atomic E-state index is 0.0886. The molecule has 1 fully saturated rings. The number of nitrogens with two attached hydrogens (primary N) is 1. The van der Waals surface area contributed by atoms with E-state index in [0.717, 1.165) is 23.9 Å². The summed E-state index contributed by atoms with van der Waals surface area (Å²) in [6.45, 7) is 1.38. The van der Waals surface area contributed by atoms with Crippen LogP contribution in [0.3, 0.4) is 0 Å². The lowest BCUT2D eigenvalue weighted by molar-refractivity contribution is 0.139. The molecule has 1 unspecified atom stereocenters. The fourth-order valence-electron chi connectivity index (χ4n) is 1.91. The van der Waals surface area contributed by atoms with Gasteiger partial charge in [0.1, 0.15) is 12.4 Å². The van der Waals surface area contributed by atoms with Crippen molar-refractivity contribution in [2.75, 3.05) is 18.9 Å². The van der Waals surface area contributed by atoms with Crippen molar-refractivity contribution in [2.45, 2.75) is 12.5 Å². The van der Waals surface area contributed by atoms with E-state index < -0.39 is 0 Å². The summed E-state index contributed by atoms with van der Waals surface area (Å²) in [6, 6.07) is 5.52. The largest absolute Gasteiger partial charge is 0.471 e. The van der Waals surface area contributed by atoms with Gasteiger partial charge in [-0.1, -0.05) is 0 Å². The summed E-state index contributed by atoms with van der Waals surface area (Å²) in [4.78, 5) is 8.35. The average Bonchev–Trinajstić information content (AvgIpc) is 2.82. The Balaban J connectivity index is 1.97. The van der Waals surface area contributed by atoms with Gasteiger partial charge in [0.05, 0.1) is 24.1 Å². The molecule has 2 N–H and O–H groups in total. The zero-order valence-electron chi connectivity index (χ0n) is 9.30. The molecule has 0 saturated carbocycles. The van der Waals surface area contributed by atoms with Crippen LogP contribution >= 0.6 is 0 Å². The van der Waals surface area contributed by atoms with E-state index >= 15 is 0 Å². The first-order valence-corrected chi connectivity index (χ1v) is 5.57. The van der Waals surface area contributed by atoms with E-state index in [1.54, 1.807) is 0 Å². The van der Waals surface area contributed by atoms with Gasteiger partial charge in [-0.3, -0.25) is 0 Å². The number of nitrogens with zero attached hydrogens (tertiary/aromatic N) is 2. The highest BCUT2D eigenvalue weighted by molar-refractivity contribution is 5.85. The molecule has 17 heavy (non-hydrogen) atoms. The van der Waals surface area contributed by atoms with Gasteiger partial charge in [0, 0.05) is 12.1 Å². The fourth-order valence-corrected chi connectivity index (χ4v) is 1.91. The molecule has 0 amide bonds. The van der Waals surface area contributed by atoms with Crippen LogP contribution in [0.4, 0.5) is 5.69 Å². The van der Waals surface area contributed by atoms with Gasteiger partial charge in [-0.05, 0) is 18.2 Å². The number of fused-ring (bicyclic) bond motifs is 1. The second kappa shape index (κ2) is 4.18. The van der Waals surface area contributed by atoms with Crippen LogP contribution in [0.15, 0.2) is 24.5 Å². The Morgan fingerprint density at radius 2 is 2.29 bits per heavy atom. The fraction of sp³-hybridized carbons (Fsp3) is 0.333. The number of rotatable bonds is 2. The van der Waals surface area contributed by atoms with Gasteiger partial charge in [0.15, 0.2) is 0 Å². The molecule has 1 saturated heterocycles. The van der Waals surface area contributed by atoms with Crippen LogP contribution in [0.5, 0.6) is 5.88 Å². The second-order valence-corrected chi connectivity index (χ2v) is 4.06. The monoisotopic (exact) mass is 231 g/mol. The third-order valence-corrected chi connectivity index (χ3v) is 2.79. The van der Waals surface area contributed by atoms with Crippen molar-refractivity contribution in [3.05, 3.63) is 24.5 Å². The molecular weight excluding hydrogens is 218 g/mol. The molecule has 0 spiro atoms. The topological polar surface area (TPSA) is 70.3 Å². The first kappa shape index (κ1) is 10.3. The molecule has 1 aromatic heterocycles. The molecule has 1 aliphatic heterocycles. The molecule has 1 aromatic carbocycles. The van der Waals surface area contributed by atoms with E-state index in [0.29, 0.717) is 18.2 Å². The Labute approximate surface area is 98.6 Å². The van der Waals surface area contributed by atoms with Crippen molar-refractivity contribution in [1.29, 1.82) is 0 Å². The number of hydrogen-bond acceptors (Lipinski definition) is 5. The Morgan fingerprint density at radius 3 is 3.12 bits per heavy atom. The lowest BCUT2D eigenvalue weighted by Gasteiger charge is -2.12. The van der Waals surface area contributed by atoms with Crippen LogP contribution in [-0.4, -0.2) is 29.3 Å². The van der Waals surface area contributed by atoms with E-state index in [-0.39, 0.29) is 6.10 Å². The summed E-state index contributed by atoms with van der Waals surface area (Å²) in [6.07, 6.45) is 2.48. The van der Waals surface area contributed by atoms with E-state index in [1.165, 1.54) is 6.33 Å². The molecule has 5 nitrogen and oxygen atoms in total. The van der Waals surface area contributed by atoms with Crippen LogP contribution in [0.25, 0.3) is 10.9 Å². The SMILES string of the molecule is Nc1ccc2c(OC3CCOC3)ncnc2c1. The summed E-state index contributed by atoms with van der Waals surface area (Å²) >= 11 is 0. The summed E-state index contributed by atoms with van der Waals surface area (Å²) in [7, 11) is 0. The number of anilines is 1. The number of benzene rings is 1. The molecule has 0 aliphatic carbocycles. The van der Waals surface area contributed by atoms with Gasteiger partial charge in [-0.15, -0.1) is 0 Å². The van der Waals surface area contributed by atoms with Crippen molar-refractivity contribution in [2.24, 2.45) is 0 Å². The van der Waals surface area contributed by atoms with Gasteiger partial charge < -0.3 is 15.2 Å². The highest BCUT2D eigenvalue weighted by Crippen LogP contribution is 2.25. The molecule has 5 heteroatoms. The van der Waals surface area contributed by atoms with Gasteiger partial charge in [0.25, 0.3) is 0 Å². The summed E-state index contributed by atoms with van der Waals surface area (Å²) in [5.41, 5.74) is 7.20. The first-order chi connectivity index (χ1) is 8.33. The molecule has 2 heterocycles. The Kier molecular flexibility index (Phi) is 2.53. The smallest absolute Gasteiger partial charge is 0.224 e. The normalized spacial score (nSPS) is 19.6. The molecule has 0 bridgehead atoms. The maximum absolute atomic E-state index is 5.81. The van der Waals surface area contributed by atoms with Crippen LogP contribution in [0.2, 0.25) is 0 Å². The number of ether oxygens (including phenoxy) is 2. The molecule has 1 atom stereocenters. The van der Waals surface area contributed by atoms with Gasteiger partial charge in [-0.2, -0.15) is 0 Å². The molecule has 88 valence electrons. The second-order valence-electron chi connectivity index (χ2n) is 4.06. The lowest BCUT2D eigenvalue weighted by atomic mass is 10.2. The predicted octanol–water partition coefficient (Wildman–Crippen LogP) is 1.38. The Morgan fingerprint density at radius 1 is 1.35 bits per heavy atom. The maximum Gasteiger partial charge on any atom is 0.224 e. The minimum atomic E-state index is 0.0886. The molecule has 1 aliphatic rings. The van der Waals surface area contributed by atoms with E-state index in [4.69, 9.17) is 15.2 Å². The Bertz CT molecular complexity index is 538. The number of aromatic nitrogens is 2. The third-order valence-electron chi connectivity index (χ3n) is 2.79. The van der Waals surface area contributed by atoms with E-state index in [1.807, 2.05) is 18.2 Å². The van der Waals surface area contributed by atoms with Gasteiger partial charge >= 0.3 is 0 Å². The highest BCUT2D eigenvalue weighted by atomic mass is 16.5. The summed E-state index contributed by atoms with van der Waals surface area (Å²) < 4.78 is 11.1. The lowest BCUT2D eigenvalue weighted by Crippen LogP contribution is -2.16. The van der Waals surface area contributed by atoms with Crippen molar-refractivity contribution < 1.29 is 9.47 Å². The highest BCUT2D eigenvalue weighted by Gasteiger charge is 2.18. The molecule has 0 radical (unpaired) electrons. The summed E-state index contributed by atoms with van der Waals surface area (Å²) in [5.74, 6) is 0.602. The van der Waals surface area contributed by atoms with E-state index in [9.17, 15) is 0 Å². The zero-order chi connectivity index (χ0) is 11.7. The molecule has 3 rings (SSSR count). The summed E-state index contributed by atoms with van der Waals surface area (Å²) in [5, 5.41) is 0.883. The minimum Gasteiger partial charge on any atom is -0.471 e. The van der Waals surface area contributed by atoms with Gasteiger partial charge in [0.2, 0.25) is 5.88 Å². The first-order valence-electron chi connectivity index (χ1n) is 5.57. The standard InChI is InChI=1S/C12H13N3O2/c13-8-1-2-10-11(5-8)14-7-15-12(10)17-9-3-4-16-6-9/h1-2,5,7,9H,3-4,6,13H2. The number of nitrogen functional groups attached to an aromatic ring is 1. The predicted molar refractivity (Wildman–Crippen MR) is 63.8 cm³/mol. The van der Waals surface area contributed by atoms with Crippen molar-refractivity contribution in [3.63, 3.8) is 0 Å². The van der Waals surface area contributed by atoms with Crippen LogP contribution in [-0.2, 0) is 4.74 Å². The quantitative estimate of drug-likeness (QED) is 0.791. The van der Waals surface area contributed by atoms with E-state index in [2.05, 4.69) is 9.97 Å². The zero-order valence-corrected chi connectivity index (χ0v) is 9.30. The maximum atomic E-state index is 5.81. The number of hydrogen-bond donors (Lipinski definition) is 1. The molecular formula is C12H13N3O2. The molecule has 2 aromatic rings. The Hall–Kier alpha value is -1.88.